The first-order valence-electron chi connectivity index (χ1n) is 5.87. The van der Waals surface area contributed by atoms with Crippen LogP contribution in [0.1, 0.15) is 5.69 Å². The lowest BCUT2D eigenvalue weighted by Crippen LogP contribution is -1.94. The van der Waals surface area contributed by atoms with Crippen molar-refractivity contribution in [1.29, 1.82) is 0 Å². The number of benzene rings is 1. The molecule has 0 aliphatic heterocycles. The average molecular weight is 235 g/mol. The zero-order valence-corrected chi connectivity index (χ0v) is 10.1. The summed E-state index contributed by atoms with van der Waals surface area (Å²) >= 11 is 0. The van der Waals surface area contributed by atoms with Crippen LogP contribution >= 0.6 is 0 Å². The van der Waals surface area contributed by atoms with Gasteiger partial charge in [0.15, 0.2) is 0 Å². The Balaban J connectivity index is 2.07. The maximum absolute atomic E-state index is 4.53. The van der Waals surface area contributed by atoms with Crippen LogP contribution in [0.3, 0.4) is 0 Å². The van der Waals surface area contributed by atoms with Crippen LogP contribution in [0.25, 0.3) is 16.8 Å². The van der Waals surface area contributed by atoms with E-state index in [1.54, 1.807) is 12.4 Å². The van der Waals surface area contributed by atoms with Gasteiger partial charge in [0.05, 0.1) is 17.6 Å². The lowest BCUT2D eigenvalue weighted by atomic mass is 10.1. The Bertz CT molecular complexity index is 642. The normalized spacial score (nSPS) is 10.5. The Labute approximate surface area is 106 Å². The van der Waals surface area contributed by atoms with Gasteiger partial charge in [0.25, 0.3) is 0 Å². The first-order valence-corrected chi connectivity index (χ1v) is 5.87. The van der Waals surface area contributed by atoms with Crippen molar-refractivity contribution in [2.45, 2.75) is 6.92 Å². The number of aromatic nitrogens is 3. The molecule has 18 heavy (non-hydrogen) atoms. The highest BCUT2D eigenvalue weighted by atomic mass is 15.3. The van der Waals surface area contributed by atoms with E-state index in [1.807, 2.05) is 48.1 Å². The van der Waals surface area contributed by atoms with E-state index < -0.39 is 0 Å². The van der Waals surface area contributed by atoms with E-state index in [-0.39, 0.29) is 0 Å². The van der Waals surface area contributed by atoms with E-state index in [0.717, 1.165) is 16.9 Å². The Morgan fingerprint density at radius 3 is 2.56 bits per heavy atom. The van der Waals surface area contributed by atoms with Gasteiger partial charge in [-0.1, -0.05) is 30.3 Å². The van der Waals surface area contributed by atoms with Crippen LogP contribution in [0, 0.1) is 6.92 Å². The van der Waals surface area contributed by atoms with Gasteiger partial charge in [-0.2, -0.15) is 5.10 Å². The third kappa shape index (κ3) is 1.91. The van der Waals surface area contributed by atoms with Gasteiger partial charge >= 0.3 is 0 Å². The second-order valence-corrected chi connectivity index (χ2v) is 4.15. The summed E-state index contributed by atoms with van der Waals surface area (Å²) < 4.78 is 1.87. The van der Waals surface area contributed by atoms with Crippen molar-refractivity contribution >= 4 is 0 Å². The molecule has 3 aromatic rings. The molecule has 88 valence electrons. The van der Waals surface area contributed by atoms with Crippen LogP contribution < -0.4 is 0 Å². The van der Waals surface area contributed by atoms with Crippen LogP contribution in [0.4, 0.5) is 0 Å². The van der Waals surface area contributed by atoms with Gasteiger partial charge in [-0.25, -0.2) is 4.68 Å². The summed E-state index contributed by atoms with van der Waals surface area (Å²) in [5.74, 6) is 0. The summed E-state index contributed by atoms with van der Waals surface area (Å²) in [4.78, 5) is 4.11. The van der Waals surface area contributed by atoms with E-state index >= 15 is 0 Å². The minimum absolute atomic E-state index is 0.975. The van der Waals surface area contributed by atoms with Crippen molar-refractivity contribution in [2.75, 3.05) is 0 Å². The predicted molar refractivity (Wildman–Crippen MR) is 71.5 cm³/mol. The quantitative estimate of drug-likeness (QED) is 0.682. The van der Waals surface area contributed by atoms with Crippen molar-refractivity contribution in [3.63, 3.8) is 0 Å². The molecule has 3 rings (SSSR count). The lowest BCUT2D eigenvalue weighted by Gasteiger charge is -1.98. The zero-order chi connectivity index (χ0) is 12.4. The summed E-state index contributed by atoms with van der Waals surface area (Å²) in [6.45, 7) is 2.02. The SMILES string of the molecule is Cc1nn(-c2cccnc2)cc1-c1ccccc1. The van der Waals surface area contributed by atoms with Crippen molar-refractivity contribution < 1.29 is 0 Å². The third-order valence-corrected chi connectivity index (χ3v) is 2.89. The molecule has 0 atom stereocenters. The second-order valence-electron chi connectivity index (χ2n) is 4.15. The van der Waals surface area contributed by atoms with Crippen LogP contribution in [0.5, 0.6) is 0 Å². The summed E-state index contributed by atoms with van der Waals surface area (Å²) in [6, 6.07) is 14.2. The minimum atomic E-state index is 0.975. The number of hydrogen-bond acceptors (Lipinski definition) is 2. The van der Waals surface area contributed by atoms with Crippen LogP contribution in [0.2, 0.25) is 0 Å². The molecule has 0 fully saturated rings. The fourth-order valence-electron chi connectivity index (χ4n) is 1.98. The Kier molecular flexibility index (Phi) is 2.65. The smallest absolute Gasteiger partial charge is 0.0829 e. The van der Waals surface area contributed by atoms with Gasteiger partial charge in [-0.05, 0) is 24.6 Å². The second kappa shape index (κ2) is 4.45. The highest BCUT2D eigenvalue weighted by Crippen LogP contribution is 2.23. The standard InChI is InChI=1S/C15H13N3/c1-12-15(13-6-3-2-4-7-13)11-18(17-12)14-8-5-9-16-10-14/h2-11H,1H3. The van der Waals surface area contributed by atoms with Gasteiger partial charge < -0.3 is 0 Å². The van der Waals surface area contributed by atoms with Gasteiger partial charge in [0.1, 0.15) is 0 Å². The molecule has 0 unspecified atom stereocenters. The minimum Gasteiger partial charge on any atom is -0.262 e. The molecule has 3 nitrogen and oxygen atoms in total. The number of aryl methyl sites for hydroxylation is 1. The molecular formula is C15H13N3. The molecule has 0 aliphatic carbocycles. The van der Waals surface area contributed by atoms with Gasteiger partial charge in [-0.3, -0.25) is 4.98 Å². The fourth-order valence-corrected chi connectivity index (χ4v) is 1.98. The lowest BCUT2D eigenvalue weighted by molar-refractivity contribution is 0.857. The molecule has 3 heteroatoms. The van der Waals surface area contributed by atoms with Crippen molar-refractivity contribution in [3.05, 3.63) is 66.7 Å². The molecule has 0 radical (unpaired) electrons. The van der Waals surface area contributed by atoms with E-state index in [4.69, 9.17) is 0 Å². The van der Waals surface area contributed by atoms with Crippen LogP contribution in [-0.2, 0) is 0 Å². The zero-order valence-electron chi connectivity index (χ0n) is 10.1. The Hall–Kier alpha value is -2.42. The van der Waals surface area contributed by atoms with Crippen molar-refractivity contribution in [3.8, 4) is 16.8 Å². The fraction of sp³-hybridized carbons (Fsp3) is 0.0667. The largest absolute Gasteiger partial charge is 0.262 e. The summed E-state index contributed by atoms with van der Waals surface area (Å²) in [5.41, 5.74) is 4.33. The monoisotopic (exact) mass is 235 g/mol. The van der Waals surface area contributed by atoms with Gasteiger partial charge in [-0.15, -0.1) is 0 Å². The van der Waals surface area contributed by atoms with Crippen LogP contribution in [-0.4, -0.2) is 14.8 Å². The molecule has 2 heterocycles. The summed E-state index contributed by atoms with van der Waals surface area (Å²) in [7, 11) is 0. The third-order valence-electron chi connectivity index (χ3n) is 2.89. The van der Waals surface area contributed by atoms with Crippen molar-refractivity contribution in [1.82, 2.24) is 14.8 Å². The molecular weight excluding hydrogens is 222 g/mol. The summed E-state index contributed by atoms with van der Waals surface area (Å²) in [5, 5.41) is 4.53. The van der Waals surface area contributed by atoms with E-state index in [1.165, 1.54) is 5.56 Å². The Morgan fingerprint density at radius 2 is 1.83 bits per heavy atom. The highest BCUT2D eigenvalue weighted by Gasteiger charge is 2.07. The maximum atomic E-state index is 4.53. The van der Waals surface area contributed by atoms with E-state index in [0.29, 0.717) is 0 Å². The molecule has 0 saturated carbocycles. The summed E-state index contributed by atoms with van der Waals surface area (Å²) in [6.07, 6.45) is 5.61. The first kappa shape index (κ1) is 10.7. The number of hydrogen-bond donors (Lipinski definition) is 0. The predicted octanol–water partition coefficient (Wildman–Crippen LogP) is 3.24. The van der Waals surface area contributed by atoms with Crippen molar-refractivity contribution in [2.24, 2.45) is 0 Å². The number of nitrogens with zero attached hydrogens (tertiary/aromatic N) is 3. The highest BCUT2D eigenvalue weighted by molar-refractivity contribution is 5.65. The van der Waals surface area contributed by atoms with Gasteiger partial charge in [0.2, 0.25) is 0 Å². The number of pyridine rings is 1. The molecule has 0 amide bonds. The average Bonchev–Trinajstić information content (AvgIpc) is 2.83. The van der Waals surface area contributed by atoms with Crippen LogP contribution in [0.15, 0.2) is 61.1 Å². The molecule has 2 aromatic heterocycles. The number of rotatable bonds is 2. The first-order chi connectivity index (χ1) is 8.84. The van der Waals surface area contributed by atoms with E-state index in [2.05, 4.69) is 22.2 Å². The molecule has 0 N–H and O–H groups in total. The van der Waals surface area contributed by atoms with E-state index in [9.17, 15) is 0 Å². The molecule has 0 bridgehead atoms. The molecule has 1 aromatic carbocycles. The Morgan fingerprint density at radius 1 is 1.00 bits per heavy atom. The molecule has 0 saturated heterocycles. The molecule has 0 aliphatic rings. The topological polar surface area (TPSA) is 30.7 Å². The maximum Gasteiger partial charge on any atom is 0.0829 e. The van der Waals surface area contributed by atoms with Gasteiger partial charge in [0, 0.05) is 18.0 Å². The molecule has 0 spiro atoms.